The molecule has 2 aliphatic rings. The van der Waals surface area contributed by atoms with Crippen molar-refractivity contribution in [1.82, 2.24) is 15.1 Å². The van der Waals surface area contributed by atoms with Crippen molar-refractivity contribution in [1.29, 1.82) is 0 Å². The van der Waals surface area contributed by atoms with Crippen molar-refractivity contribution in [2.45, 2.75) is 78.1 Å². The van der Waals surface area contributed by atoms with Crippen LogP contribution in [0.25, 0.3) is 0 Å². The molecular weight excluding hydrogens is 306 g/mol. The Bertz CT molecular complexity index is 317. The van der Waals surface area contributed by atoms with Gasteiger partial charge in [0.05, 0.1) is 0 Å². The predicted molar refractivity (Wildman–Crippen MR) is 110 cm³/mol. The molecule has 0 aromatic carbocycles. The molecule has 3 heteroatoms. The summed E-state index contributed by atoms with van der Waals surface area (Å²) in [5, 5.41) is 3.71. The zero-order valence-electron chi connectivity index (χ0n) is 17.4. The van der Waals surface area contributed by atoms with Crippen LogP contribution in [0.1, 0.15) is 78.1 Å². The molecule has 0 aromatic rings. The number of piperidine rings is 2. The Morgan fingerprint density at radius 2 is 1.56 bits per heavy atom. The smallest absolute Gasteiger partial charge is 0.0480 e. The lowest BCUT2D eigenvalue weighted by molar-refractivity contribution is 0.153. The molecule has 0 aromatic heterocycles. The van der Waals surface area contributed by atoms with Crippen molar-refractivity contribution in [3.05, 3.63) is 0 Å². The molecule has 1 atom stereocenters. The van der Waals surface area contributed by atoms with Gasteiger partial charge in [0.15, 0.2) is 0 Å². The molecule has 1 unspecified atom stereocenters. The van der Waals surface area contributed by atoms with Crippen molar-refractivity contribution in [3.8, 4) is 0 Å². The van der Waals surface area contributed by atoms with Gasteiger partial charge in [-0.15, -0.1) is 0 Å². The number of rotatable bonds is 11. The number of likely N-dealkylation sites (tertiary alicyclic amines) is 2. The monoisotopic (exact) mass is 351 g/mol. The minimum absolute atomic E-state index is 0.865. The fourth-order valence-corrected chi connectivity index (χ4v) is 4.75. The molecule has 0 aliphatic carbocycles. The van der Waals surface area contributed by atoms with Crippen LogP contribution in [0.5, 0.6) is 0 Å². The van der Waals surface area contributed by atoms with E-state index in [2.05, 4.69) is 36.0 Å². The zero-order chi connectivity index (χ0) is 17.9. The normalized spacial score (nSPS) is 22.6. The van der Waals surface area contributed by atoms with Gasteiger partial charge in [-0.3, -0.25) is 4.90 Å². The summed E-state index contributed by atoms with van der Waals surface area (Å²) in [4.78, 5) is 5.11. The van der Waals surface area contributed by atoms with Crippen LogP contribution in [-0.2, 0) is 0 Å². The van der Waals surface area contributed by atoms with E-state index >= 15 is 0 Å². The number of nitrogens with one attached hydrogen (secondary N) is 1. The fraction of sp³-hybridized carbons (Fsp3) is 1.00. The second-order valence-corrected chi connectivity index (χ2v) is 9.20. The molecule has 148 valence electrons. The molecule has 0 amide bonds. The quantitative estimate of drug-likeness (QED) is 0.550. The molecule has 2 aliphatic heterocycles. The average Bonchev–Trinajstić information content (AvgIpc) is 2.61. The summed E-state index contributed by atoms with van der Waals surface area (Å²) < 4.78 is 0. The molecule has 0 saturated carbocycles. The van der Waals surface area contributed by atoms with Crippen LogP contribution >= 0.6 is 0 Å². The molecule has 0 bridgehead atoms. The highest BCUT2D eigenvalue weighted by Crippen LogP contribution is 2.32. The van der Waals surface area contributed by atoms with E-state index in [1.54, 1.807) is 0 Å². The first-order valence-electron chi connectivity index (χ1n) is 11.3. The van der Waals surface area contributed by atoms with Crippen molar-refractivity contribution >= 4 is 0 Å². The van der Waals surface area contributed by atoms with E-state index in [9.17, 15) is 0 Å². The predicted octanol–water partition coefficient (Wildman–Crippen LogP) is 4.58. The van der Waals surface area contributed by atoms with Crippen LogP contribution in [0.3, 0.4) is 0 Å². The van der Waals surface area contributed by atoms with Crippen molar-refractivity contribution in [3.63, 3.8) is 0 Å². The second kappa shape index (κ2) is 12.3. The SMILES string of the molecule is CC(C)CCCC(CCCNCN1CCCCC1)C1CCN(C)CC1. The maximum Gasteiger partial charge on any atom is 0.0480 e. The summed E-state index contributed by atoms with van der Waals surface area (Å²) in [6, 6.07) is 0. The molecule has 2 saturated heterocycles. The lowest BCUT2D eigenvalue weighted by atomic mass is 9.78. The summed E-state index contributed by atoms with van der Waals surface area (Å²) in [6.07, 6.45) is 14.2. The van der Waals surface area contributed by atoms with E-state index < -0.39 is 0 Å². The largest absolute Gasteiger partial charge is 0.306 e. The molecule has 0 radical (unpaired) electrons. The van der Waals surface area contributed by atoms with Crippen LogP contribution in [0.4, 0.5) is 0 Å². The van der Waals surface area contributed by atoms with Gasteiger partial charge in [0.2, 0.25) is 0 Å². The third-order valence-corrected chi connectivity index (χ3v) is 6.50. The molecule has 1 N–H and O–H groups in total. The highest BCUT2D eigenvalue weighted by molar-refractivity contribution is 4.77. The third kappa shape index (κ3) is 8.88. The van der Waals surface area contributed by atoms with Crippen molar-refractivity contribution in [2.75, 3.05) is 46.4 Å². The van der Waals surface area contributed by atoms with Gasteiger partial charge < -0.3 is 10.2 Å². The Hall–Kier alpha value is -0.120. The summed E-state index contributed by atoms with van der Waals surface area (Å²) in [7, 11) is 2.29. The number of hydrogen-bond acceptors (Lipinski definition) is 3. The minimum atomic E-state index is 0.865. The first-order chi connectivity index (χ1) is 12.1. The summed E-state index contributed by atoms with van der Waals surface area (Å²) >= 11 is 0. The molecule has 2 rings (SSSR count). The van der Waals surface area contributed by atoms with Crippen LogP contribution in [-0.4, -0.2) is 56.2 Å². The van der Waals surface area contributed by atoms with E-state index in [4.69, 9.17) is 0 Å². The lowest BCUT2D eigenvalue weighted by Crippen LogP contribution is -2.38. The van der Waals surface area contributed by atoms with Gasteiger partial charge in [-0.25, -0.2) is 0 Å². The van der Waals surface area contributed by atoms with Gasteiger partial charge in [-0.05, 0) is 96.1 Å². The lowest BCUT2D eigenvalue weighted by Gasteiger charge is -2.35. The van der Waals surface area contributed by atoms with E-state index in [1.165, 1.54) is 96.9 Å². The van der Waals surface area contributed by atoms with Crippen LogP contribution in [0.2, 0.25) is 0 Å². The van der Waals surface area contributed by atoms with Gasteiger partial charge in [0, 0.05) is 6.67 Å². The molecule has 0 spiro atoms. The highest BCUT2D eigenvalue weighted by Gasteiger charge is 2.24. The molecule has 25 heavy (non-hydrogen) atoms. The maximum absolute atomic E-state index is 3.71. The average molecular weight is 352 g/mol. The Morgan fingerprint density at radius 1 is 0.880 bits per heavy atom. The van der Waals surface area contributed by atoms with Gasteiger partial charge >= 0.3 is 0 Å². The van der Waals surface area contributed by atoms with Crippen LogP contribution in [0.15, 0.2) is 0 Å². The zero-order valence-corrected chi connectivity index (χ0v) is 17.4. The van der Waals surface area contributed by atoms with Crippen LogP contribution < -0.4 is 5.32 Å². The van der Waals surface area contributed by atoms with Crippen LogP contribution in [0, 0.1) is 17.8 Å². The van der Waals surface area contributed by atoms with Gasteiger partial charge in [-0.2, -0.15) is 0 Å². The second-order valence-electron chi connectivity index (χ2n) is 9.20. The Morgan fingerprint density at radius 3 is 2.24 bits per heavy atom. The van der Waals surface area contributed by atoms with Gasteiger partial charge in [0.1, 0.15) is 0 Å². The van der Waals surface area contributed by atoms with Crippen molar-refractivity contribution in [2.24, 2.45) is 17.8 Å². The number of hydrogen-bond donors (Lipinski definition) is 1. The summed E-state index contributed by atoms with van der Waals surface area (Å²) in [6.45, 7) is 12.3. The van der Waals surface area contributed by atoms with Crippen molar-refractivity contribution < 1.29 is 0 Å². The maximum atomic E-state index is 3.71. The highest BCUT2D eigenvalue weighted by atomic mass is 15.2. The van der Waals surface area contributed by atoms with E-state index in [-0.39, 0.29) is 0 Å². The van der Waals surface area contributed by atoms with E-state index in [0.29, 0.717) is 0 Å². The van der Waals surface area contributed by atoms with Gasteiger partial charge in [-0.1, -0.05) is 39.5 Å². The van der Waals surface area contributed by atoms with E-state index in [0.717, 1.165) is 24.4 Å². The first-order valence-corrected chi connectivity index (χ1v) is 11.3. The molecule has 2 heterocycles. The molecular formula is C22H45N3. The Labute approximate surface area is 157 Å². The Balaban J connectivity index is 1.63. The van der Waals surface area contributed by atoms with Gasteiger partial charge in [0.25, 0.3) is 0 Å². The fourth-order valence-electron chi connectivity index (χ4n) is 4.75. The summed E-state index contributed by atoms with van der Waals surface area (Å²) in [5.74, 6) is 2.83. The first kappa shape index (κ1) is 21.2. The topological polar surface area (TPSA) is 18.5 Å². The molecule has 2 fully saturated rings. The summed E-state index contributed by atoms with van der Waals surface area (Å²) in [5.41, 5.74) is 0. The minimum Gasteiger partial charge on any atom is -0.306 e. The van der Waals surface area contributed by atoms with E-state index in [1.807, 2.05) is 0 Å². The standard InChI is InChI=1S/C22H45N3/c1-20(2)9-7-10-21(22-12-17-24(3)18-13-22)11-8-14-23-19-25-15-5-4-6-16-25/h20-23H,4-19H2,1-3H3. The third-order valence-electron chi connectivity index (χ3n) is 6.50. The molecule has 3 nitrogen and oxygen atoms in total. The number of nitrogens with zero attached hydrogens (tertiary/aromatic N) is 2. The Kier molecular flexibility index (Phi) is 10.4.